The molecule has 0 saturated carbocycles. The monoisotopic (exact) mass is 354 g/mol. The molecule has 0 radical (unpaired) electrons. The Morgan fingerprint density at radius 3 is 2.54 bits per heavy atom. The van der Waals surface area contributed by atoms with E-state index in [0.717, 1.165) is 22.4 Å². The van der Waals surface area contributed by atoms with Crippen molar-refractivity contribution in [1.82, 2.24) is 4.90 Å². The lowest BCUT2D eigenvalue weighted by Crippen LogP contribution is -2.50. The number of hydrogen-bond acceptors (Lipinski definition) is 4. The lowest BCUT2D eigenvalue weighted by molar-refractivity contribution is 0.00794. The summed E-state index contributed by atoms with van der Waals surface area (Å²) < 4.78 is 11.1. The van der Waals surface area contributed by atoms with Crippen molar-refractivity contribution >= 4 is 17.7 Å². The predicted octanol–water partition coefficient (Wildman–Crippen LogP) is 3.49. The molecule has 24 heavy (non-hydrogen) atoms. The molecule has 134 valence electrons. The number of methoxy groups -OCH3 is 1. The maximum absolute atomic E-state index is 12.1. The smallest absolute Gasteiger partial charge is 0.410 e. The average molecular weight is 355 g/mol. The van der Waals surface area contributed by atoms with Gasteiger partial charge in [-0.3, -0.25) is 0 Å². The SMILES string of the molecule is COc1c(CCN)cc(Cl)c(C)c1C1CN(C(=O)OC(C)(C)C)C1. The molecule has 2 N–H and O–H groups in total. The number of nitrogens with two attached hydrogens (primary N) is 1. The minimum Gasteiger partial charge on any atom is -0.496 e. The van der Waals surface area contributed by atoms with E-state index in [1.165, 1.54) is 0 Å². The molecule has 1 amide bonds. The summed E-state index contributed by atoms with van der Waals surface area (Å²) in [7, 11) is 1.66. The summed E-state index contributed by atoms with van der Waals surface area (Å²) in [5, 5.41) is 0.713. The molecule has 0 aliphatic carbocycles. The Morgan fingerprint density at radius 1 is 1.42 bits per heavy atom. The highest BCUT2D eigenvalue weighted by molar-refractivity contribution is 6.31. The van der Waals surface area contributed by atoms with Crippen molar-refractivity contribution in [3.05, 3.63) is 27.8 Å². The van der Waals surface area contributed by atoms with Gasteiger partial charge in [0.1, 0.15) is 11.4 Å². The van der Waals surface area contributed by atoms with Crippen LogP contribution in [0.25, 0.3) is 0 Å². The van der Waals surface area contributed by atoms with Crippen LogP contribution >= 0.6 is 11.6 Å². The maximum Gasteiger partial charge on any atom is 0.410 e. The minimum absolute atomic E-state index is 0.197. The quantitative estimate of drug-likeness (QED) is 0.898. The summed E-state index contributed by atoms with van der Waals surface area (Å²) in [6.45, 7) is 9.33. The molecule has 0 spiro atoms. The van der Waals surface area contributed by atoms with Crippen LogP contribution in [0.15, 0.2) is 6.07 Å². The molecule has 0 unspecified atom stereocenters. The first-order valence-corrected chi connectivity index (χ1v) is 8.59. The van der Waals surface area contributed by atoms with E-state index >= 15 is 0 Å². The Kier molecular flexibility index (Phi) is 5.66. The van der Waals surface area contributed by atoms with Crippen LogP contribution in [-0.4, -0.2) is 43.3 Å². The van der Waals surface area contributed by atoms with E-state index in [1.54, 1.807) is 12.0 Å². The first-order chi connectivity index (χ1) is 11.2. The van der Waals surface area contributed by atoms with Gasteiger partial charge in [0.15, 0.2) is 0 Å². The van der Waals surface area contributed by atoms with Gasteiger partial charge in [-0.15, -0.1) is 0 Å². The fourth-order valence-electron chi connectivity index (χ4n) is 3.01. The predicted molar refractivity (Wildman–Crippen MR) is 96.0 cm³/mol. The third-order valence-electron chi connectivity index (χ3n) is 4.16. The number of rotatable bonds is 4. The van der Waals surface area contributed by atoms with Crippen molar-refractivity contribution in [1.29, 1.82) is 0 Å². The normalized spacial score (nSPS) is 15.2. The first-order valence-electron chi connectivity index (χ1n) is 8.21. The van der Waals surface area contributed by atoms with Crippen molar-refractivity contribution in [3.63, 3.8) is 0 Å². The molecule has 0 bridgehead atoms. The van der Waals surface area contributed by atoms with Crippen molar-refractivity contribution in [2.24, 2.45) is 5.73 Å². The van der Waals surface area contributed by atoms with Gasteiger partial charge in [0, 0.05) is 29.6 Å². The summed E-state index contributed by atoms with van der Waals surface area (Å²) in [4.78, 5) is 13.8. The summed E-state index contributed by atoms with van der Waals surface area (Å²) >= 11 is 6.39. The molecule has 1 aromatic rings. The Bertz CT molecular complexity index is 620. The molecular weight excluding hydrogens is 328 g/mol. The van der Waals surface area contributed by atoms with E-state index in [1.807, 2.05) is 33.8 Å². The Labute approximate surface area is 149 Å². The fraction of sp³-hybridized carbons (Fsp3) is 0.611. The van der Waals surface area contributed by atoms with Crippen LogP contribution < -0.4 is 10.5 Å². The Hall–Kier alpha value is -1.46. The average Bonchev–Trinajstić information content (AvgIpc) is 2.40. The third kappa shape index (κ3) is 3.95. The van der Waals surface area contributed by atoms with Crippen LogP contribution in [0.4, 0.5) is 4.79 Å². The minimum atomic E-state index is -0.486. The van der Waals surface area contributed by atoms with Crippen LogP contribution in [0.2, 0.25) is 5.02 Å². The van der Waals surface area contributed by atoms with Crippen molar-refractivity contribution < 1.29 is 14.3 Å². The van der Waals surface area contributed by atoms with Crippen LogP contribution in [0.1, 0.15) is 43.4 Å². The number of benzene rings is 1. The van der Waals surface area contributed by atoms with Gasteiger partial charge in [-0.05, 0) is 57.9 Å². The maximum atomic E-state index is 12.1. The van der Waals surface area contributed by atoms with E-state index in [9.17, 15) is 4.79 Å². The highest BCUT2D eigenvalue weighted by atomic mass is 35.5. The van der Waals surface area contributed by atoms with Gasteiger partial charge in [-0.2, -0.15) is 0 Å². The topological polar surface area (TPSA) is 64.8 Å². The van der Waals surface area contributed by atoms with Gasteiger partial charge in [-0.1, -0.05) is 11.6 Å². The highest BCUT2D eigenvalue weighted by Crippen LogP contribution is 2.41. The fourth-order valence-corrected chi connectivity index (χ4v) is 3.24. The summed E-state index contributed by atoms with van der Waals surface area (Å²) in [6, 6.07) is 1.93. The van der Waals surface area contributed by atoms with Gasteiger partial charge < -0.3 is 20.1 Å². The standard InChI is InChI=1S/C18H27ClN2O3/c1-11-14(19)8-12(6-7-20)16(23-5)15(11)13-9-21(10-13)17(22)24-18(2,3)4/h8,13H,6-7,9-10,20H2,1-5H3. The van der Waals surface area contributed by atoms with Crippen molar-refractivity contribution in [2.75, 3.05) is 26.7 Å². The van der Waals surface area contributed by atoms with Crippen molar-refractivity contribution in [3.8, 4) is 5.75 Å². The second-order valence-corrected chi connectivity index (χ2v) is 7.62. The number of hydrogen-bond donors (Lipinski definition) is 1. The summed E-state index contributed by atoms with van der Waals surface area (Å²) in [5.41, 5.74) is 8.31. The lowest BCUT2D eigenvalue weighted by Gasteiger charge is -2.41. The second kappa shape index (κ2) is 7.19. The lowest BCUT2D eigenvalue weighted by atomic mass is 9.86. The molecule has 1 aliphatic rings. The summed E-state index contributed by atoms with van der Waals surface area (Å²) in [6.07, 6.45) is 0.429. The number of nitrogens with zero attached hydrogens (tertiary/aromatic N) is 1. The third-order valence-corrected chi connectivity index (χ3v) is 4.55. The molecule has 1 saturated heterocycles. The largest absolute Gasteiger partial charge is 0.496 e. The molecule has 2 rings (SSSR count). The van der Waals surface area contributed by atoms with Gasteiger partial charge in [0.2, 0.25) is 0 Å². The number of ether oxygens (including phenoxy) is 2. The zero-order valence-electron chi connectivity index (χ0n) is 15.1. The van der Waals surface area contributed by atoms with Gasteiger partial charge >= 0.3 is 6.09 Å². The molecule has 1 aromatic carbocycles. The Balaban J connectivity index is 2.21. The van der Waals surface area contributed by atoms with E-state index in [-0.39, 0.29) is 12.0 Å². The summed E-state index contributed by atoms with van der Waals surface area (Å²) in [5.74, 6) is 1.04. The number of carbonyl (C=O) groups excluding carboxylic acids is 1. The molecule has 1 aliphatic heterocycles. The molecule has 1 heterocycles. The number of likely N-dealkylation sites (tertiary alicyclic amines) is 1. The van der Waals surface area contributed by atoms with Crippen LogP contribution in [0.3, 0.4) is 0 Å². The molecular formula is C18H27ClN2O3. The Morgan fingerprint density at radius 2 is 2.04 bits per heavy atom. The number of carbonyl (C=O) groups is 1. The van der Waals surface area contributed by atoms with Gasteiger partial charge in [0.05, 0.1) is 7.11 Å². The number of halogens is 1. The van der Waals surface area contributed by atoms with E-state index < -0.39 is 5.60 Å². The first kappa shape index (κ1) is 18.9. The van der Waals surface area contributed by atoms with E-state index in [0.29, 0.717) is 31.1 Å². The van der Waals surface area contributed by atoms with Crippen LogP contribution in [-0.2, 0) is 11.2 Å². The van der Waals surface area contributed by atoms with E-state index in [4.69, 9.17) is 26.8 Å². The zero-order valence-corrected chi connectivity index (χ0v) is 15.9. The molecule has 6 heteroatoms. The van der Waals surface area contributed by atoms with E-state index in [2.05, 4.69) is 0 Å². The molecule has 0 atom stereocenters. The van der Waals surface area contributed by atoms with Crippen LogP contribution in [0, 0.1) is 6.92 Å². The molecule has 1 fully saturated rings. The van der Waals surface area contributed by atoms with Crippen molar-refractivity contribution in [2.45, 2.75) is 45.6 Å². The number of amides is 1. The highest BCUT2D eigenvalue weighted by Gasteiger charge is 2.37. The van der Waals surface area contributed by atoms with Gasteiger partial charge in [-0.25, -0.2) is 4.79 Å². The molecule has 5 nitrogen and oxygen atoms in total. The zero-order chi connectivity index (χ0) is 18.1. The molecule has 0 aromatic heterocycles. The van der Waals surface area contributed by atoms with Gasteiger partial charge in [0.25, 0.3) is 0 Å². The van der Waals surface area contributed by atoms with Crippen LogP contribution in [0.5, 0.6) is 5.75 Å². The second-order valence-electron chi connectivity index (χ2n) is 7.21.